The maximum absolute atomic E-state index is 10.8. The summed E-state index contributed by atoms with van der Waals surface area (Å²) in [4.78, 5) is 0.405. The second kappa shape index (κ2) is 6.77. The molecule has 0 spiro atoms. The Balaban J connectivity index is 0.00000162. The minimum Gasteiger partial charge on any atom is -0.497 e. The predicted octanol–water partition coefficient (Wildman–Crippen LogP) is 2.56. The third-order valence-corrected chi connectivity index (χ3v) is 3.15. The van der Waals surface area contributed by atoms with Gasteiger partial charge in [0.25, 0.3) is 0 Å². The number of ether oxygens (including phenoxy) is 1. The Labute approximate surface area is 121 Å². The molecule has 0 bridgehead atoms. The van der Waals surface area contributed by atoms with Crippen LogP contribution in [0.15, 0.2) is 53.4 Å². The topological polar surface area (TPSA) is 46.5 Å². The van der Waals surface area contributed by atoms with Gasteiger partial charge in [0.2, 0.25) is 0 Å². The summed E-state index contributed by atoms with van der Waals surface area (Å²) in [6.45, 7) is 0. The van der Waals surface area contributed by atoms with E-state index in [1.54, 1.807) is 19.2 Å². The van der Waals surface area contributed by atoms with E-state index in [0.29, 0.717) is 4.90 Å². The molecule has 2 aromatic rings. The van der Waals surface area contributed by atoms with Gasteiger partial charge in [0.15, 0.2) is 11.1 Å². The third-order valence-electron chi connectivity index (χ3n) is 2.48. The Bertz CT molecular complexity index is 523. The van der Waals surface area contributed by atoms with Gasteiger partial charge in [-0.2, -0.15) is 0 Å². The quantitative estimate of drug-likeness (QED) is 0.677. The molecule has 0 heterocycles. The summed E-state index contributed by atoms with van der Waals surface area (Å²) in [7, 11) is 1.63. The molecule has 1 unspecified atom stereocenters. The zero-order valence-electron chi connectivity index (χ0n) is 10.3. The van der Waals surface area contributed by atoms with E-state index in [2.05, 4.69) is 0 Å². The molecule has 0 aliphatic rings. The van der Waals surface area contributed by atoms with Gasteiger partial charge in [-0.05, 0) is 35.4 Å². The molecule has 1 radical (unpaired) electrons. The summed E-state index contributed by atoms with van der Waals surface area (Å²) in [5.74, 6) is 0.807. The van der Waals surface area contributed by atoms with Crippen LogP contribution in [0.4, 0.5) is 0 Å². The molecule has 89 valence electrons. The van der Waals surface area contributed by atoms with E-state index in [1.165, 1.54) is 0 Å². The van der Waals surface area contributed by atoms with Crippen LogP contribution in [0, 0.1) is 0 Å². The minimum atomic E-state index is -1.92. The fourth-order valence-corrected chi connectivity index (χ4v) is 1.92. The molecule has 0 saturated heterocycles. The number of rotatable bonds is 3. The van der Waals surface area contributed by atoms with Crippen molar-refractivity contribution in [1.29, 1.82) is 0 Å². The van der Waals surface area contributed by atoms with Gasteiger partial charge < -0.3 is 9.29 Å². The van der Waals surface area contributed by atoms with Crippen molar-refractivity contribution in [3.05, 3.63) is 48.5 Å². The summed E-state index contributed by atoms with van der Waals surface area (Å²) >= 11 is -1.92. The van der Waals surface area contributed by atoms with Crippen LogP contribution in [-0.2, 0) is 11.1 Å². The van der Waals surface area contributed by atoms with Crippen molar-refractivity contribution in [2.45, 2.75) is 4.90 Å². The molecule has 3 nitrogen and oxygen atoms in total. The molecule has 0 amide bonds. The summed E-state index contributed by atoms with van der Waals surface area (Å²) in [5, 5.41) is 0. The second-order valence-corrected chi connectivity index (χ2v) is 4.47. The molecule has 1 N–H and O–H groups in total. The van der Waals surface area contributed by atoms with Gasteiger partial charge in [0, 0.05) is 18.9 Å². The van der Waals surface area contributed by atoms with E-state index < -0.39 is 11.1 Å². The molecular formula is C13H12LiO3S. The molecule has 0 saturated carbocycles. The van der Waals surface area contributed by atoms with Crippen molar-refractivity contribution in [2.75, 3.05) is 7.11 Å². The Morgan fingerprint density at radius 2 is 1.39 bits per heavy atom. The van der Waals surface area contributed by atoms with Crippen molar-refractivity contribution in [3.8, 4) is 16.9 Å². The van der Waals surface area contributed by atoms with E-state index >= 15 is 0 Å². The van der Waals surface area contributed by atoms with Crippen molar-refractivity contribution >= 4 is 29.9 Å². The van der Waals surface area contributed by atoms with Gasteiger partial charge >= 0.3 is 0 Å². The van der Waals surface area contributed by atoms with Crippen LogP contribution in [0.1, 0.15) is 0 Å². The van der Waals surface area contributed by atoms with E-state index in [1.807, 2.05) is 36.4 Å². The smallest absolute Gasteiger partial charge is 0.186 e. The van der Waals surface area contributed by atoms with Gasteiger partial charge in [-0.25, -0.2) is 4.21 Å². The van der Waals surface area contributed by atoms with E-state index in [9.17, 15) is 4.21 Å². The summed E-state index contributed by atoms with van der Waals surface area (Å²) in [5.41, 5.74) is 2.04. The standard InChI is InChI=1S/C13H12O3S.Li/c1-16-12-6-2-10(3-7-12)11-4-8-13(9-5-11)17(14)15;/h2-9H,1H3,(H,14,15);. The van der Waals surface area contributed by atoms with E-state index in [0.717, 1.165) is 16.9 Å². The predicted molar refractivity (Wildman–Crippen MR) is 73.2 cm³/mol. The number of methoxy groups -OCH3 is 1. The van der Waals surface area contributed by atoms with Crippen LogP contribution in [0.3, 0.4) is 0 Å². The summed E-state index contributed by atoms with van der Waals surface area (Å²) < 4.78 is 24.8. The fourth-order valence-electron chi connectivity index (χ4n) is 1.55. The zero-order chi connectivity index (χ0) is 12.3. The van der Waals surface area contributed by atoms with Crippen LogP contribution in [0.25, 0.3) is 11.1 Å². The average molecular weight is 255 g/mol. The number of hydrogen-bond acceptors (Lipinski definition) is 2. The Morgan fingerprint density at radius 1 is 0.944 bits per heavy atom. The average Bonchev–Trinajstić information content (AvgIpc) is 2.39. The normalized spacial score (nSPS) is 11.4. The van der Waals surface area contributed by atoms with Crippen molar-refractivity contribution in [2.24, 2.45) is 0 Å². The summed E-state index contributed by atoms with van der Waals surface area (Å²) in [6, 6.07) is 14.6. The van der Waals surface area contributed by atoms with E-state index in [-0.39, 0.29) is 18.9 Å². The molecule has 18 heavy (non-hydrogen) atoms. The SMILES string of the molecule is COc1ccc(-c2ccc(S(=O)O)cc2)cc1.[Li]. The maximum Gasteiger partial charge on any atom is 0.186 e. The van der Waals surface area contributed by atoms with Gasteiger partial charge in [-0.1, -0.05) is 24.3 Å². The molecule has 1 atom stereocenters. The van der Waals surface area contributed by atoms with Crippen molar-refractivity contribution in [3.63, 3.8) is 0 Å². The first-order valence-electron chi connectivity index (χ1n) is 5.06. The summed E-state index contributed by atoms with van der Waals surface area (Å²) in [6.07, 6.45) is 0. The first-order chi connectivity index (χ1) is 8.20. The molecule has 0 fully saturated rings. The van der Waals surface area contributed by atoms with Crippen LogP contribution in [0.5, 0.6) is 5.75 Å². The first kappa shape index (κ1) is 15.0. The van der Waals surface area contributed by atoms with Gasteiger partial charge in [-0.3, -0.25) is 0 Å². The van der Waals surface area contributed by atoms with Crippen LogP contribution < -0.4 is 4.74 Å². The van der Waals surface area contributed by atoms with Crippen molar-refractivity contribution in [1.82, 2.24) is 0 Å². The molecule has 2 rings (SSSR count). The first-order valence-corrected chi connectivity index (χ1v) is 6.17. The van der Waals surface area contributed by atoms with Crippen LogP contribution in [-0.4, -0.2) is 34.7 Å². The Kier molecular flexibility index (Phi) is 5.64. The molecule has 2 aromatic carbocycles. The van der Waals surface area contributed by atoms with Gasteiger partial charge in [0.1, 0.15) is 5.75 Å². The van der Waals surface area contributed by atoms with Crippen molar-refractivity contribution < 1.29 is 13.5 Å². The molecule has 0 aromatic heterocycles. The van der Waals surface area contributed by atoms with Crippen LogP contribution >= 0.6 is 0 Å². The zero-order valence-corrected chi connectivity index (χ0v) is 11.1. The number of hydrogen-bond donors (Lipinski definition) is 1. The van der Waals surface area contributed by atoms with Crippen LogP contribution in [0.2, 0.25) is 0 Å². The molecule has 5 heteroatoms. The monoisotopic (exact) mass is 255 g/mol. The van der Waals surface area contributed by atoms with Gasteiger partial charge in [0.05, 0.1) is 12.0 Å². The van der Waals surface area contributed by atoms with E-state index in [4.69, 9.17) is 9.29 Å². The Hall–Kier alpha value is -1.05. The third kappa shape index (κ3) is 3.47. The largest absolute Gasteiger partial charge is 0.497 e. The molecule has 0 aliphatic heterocycles. The maximum atomic E-state index is 10.8. The Morgan fingerprint density at radius 3 is 1.78 bits per heavy atom. The fraction of sp³-hybridized carbons (Fsp3) is 0.0769. The molecule has 0 aliphatic carbocycles. The van der Waals surface area contributed by atoms with Gasteiger partial charge in [-0.15, -0.1) is 0 Å². The molecular weight excluding hydrogens is 243 g/mol. The number of benzene rings is 2. The minimum absolute atomic E-state index is 0. The second-order valence-electron chi connectivity index (χ2n) is 3.50.